The molecule has 2 aromatic heterocycles. The van der Waals surface area contributed by atoms with Crippen LogP contribution in [0.2, 0.25) is 0 Å². The number of nitrogens with zero attached hydrogens (tertiary/aromatic N) is 3. The highest BCUT2D eigenvalue weighted by molar-refractivity contribution is 9.10. The molecule has 0 saturated heterocycles. The number of halogens is 1. The maximum absolute atomic E-state index is 12.8. The topological polar surface area (TPSA) is 65.7 Å². The van der Waals surface area contributed by atoms with Crippen molar-refractivity contribution in [3.8, 4) is 22.9 Å². The number of hydrogen-bond acceptors (Lipinski definition) is 6. The predicted molar refractivity (Wildman–Crippen MR) is 118 cm³/mol. The monoisotopic (exact) mass is 469 g/mol. The summed E-state index contributed by atoms with van der Waals surface area (Å²) in [5, 5.41) is 4.39. The van der Waals surface area contributed by atoms with Gasteiger partial charge >= 0.3 is 0 Å². The Balaban J connectivity index is 1.73. The molecule has 0 aliphatic heterocycles. The van der Waals surface area contributed by atoms with Crippen LogP contribution in [0, 0.1) is 0 Å². The first-order valence-corrected chi connectivity index (χ1v) is 10.3. The lowest BCUT2D eigenvalue weighted by atomic mass is 10.2. The van der Waals surface area contributed by atoms with Crippen molar-refractivity contribution < 1.29 is 9.47 Å². The average Bonchev–Trinajstić information content (AvgIpc) is 3.26. The number of fused-ring (bicyclic) bond motifs is 1. The molecule has 0 atom stereocenters. The molecule has 0 amide bonds. The highest BCUT2D eigenvalue weighted by Crippen LogP contribution is 2.28. The quantitative estimate of drug-likeness (QED) is 0.402. The van der Waals surface area contributed by atoms with Crippen molar-refractivity contribution in [1.29, 1.82) is 0 Å². The second-order valence-electron chi connectivity index (χ2n) is 6.04. The molecule has 29 heavy (non-hydrogen) atoms. The van der Waals surface area contributed by atoms with E-state index in [9.17, 15) is 4.79 Å². The summed E-state index contributed by atoms with van der Waals surface area (Å²) in [6.45, 7) is 4.02. The minimum absolute atomic E-state index is 0.207. The predicted octanol–water partition coefficient (Wildman–Crippen LogP) is 3.70. The molecule has 0 bridgehead atoms. The number of methoxy groups -OCH3 is 1. The van der Waals surface area contributed by atoms with Crippen LogP contribution in [0.5, 0.6) is 11.5 Å². The molecule has 8 heteroatoms. The van der Waals surface area contributed by atoms with Crippen molar-refractivity contribution in [2.24, 2.45) is 0 Å². The van der Waals surface area contributed by atoms with Crippen molar-refractivity contribution in [2.45, 2.75) is 0 Å². The zero-order valence-electron chi connectivity index (χ0n) is 15.5. The van der Waals surface area contributed by atoms with E-state index in [0.29, 0.717) is 33.4 Å². The van der Waals surface area contributed by atoms with Gasteiger partial charge in [0.15, 0.2) is 17.3 Å². The van der Waals surface area contributed by atoms with Gasteiger partial charge in [-0.15, -0.1) is 5.10 Å². The highest BCUT2D eigenvalue weighted by atomic mass is 79.9. The van der Waals surface area contributed by atoms with Gasteiger partial charge in [-0.25, -0.2) is 0 Å². The van der Waals surface area contributed by atoms with Gasteiger partial charge in [0.1, 0.15) is 6.61 Å². The third kappa shape index (κ3) is 3.81. The fraction of sp³-hybridized carbons (Fsp3) is 0.0952. The van der Waals surface area contributed by atoms with Crippen LogP contribution in [0.3, 0.4) is 0 Å². The van der Waals surface area contributed by atoms with Crippen LogP contribution in [0.4, 0.5) is 0 Å². The molecule has 0 N–H and O–H groups in total. The van der Waals surface area contributed by atoms with Crippen molar-refractivity contribution in [1.82, 2.24) is 14.6 Å². The van der Waals surface area contributed by atoms with Crippen LogP contribution in [0.25, 0.3) is 22.4 Å². The highest BCUT2D eigenvalue weighted by Gasteiger charge is 2.14. The van der Waals surface area contributed by atoms with E-state index in [1.165, 1.54) is 15.9 Å². The summed E-state index contributed by atoms with van der Waals surface area (Å²) in [6, 6.07) is 13.1. The van der Waals surface area contributed by atoms with Gasteiger partial charge in [-0.05, 0) is 35.9 Å². The second kappa shape index (κ2) is 8.18. The van der Waals surface area contributed by atoms with Gasteiger partial charge in [-0.2, -0.15) is 9.50 Å². The molecule has 4 rings (SSSR count). The summed E-state index contributed by atoms with van der Waals surface area (Å²) in [6.07, 6.45) is 3.46. The third-order valence-electron chi connectivity index (χ3n) is 4.14. The van der Waals surface area contributed by atoms with E-state index in [2.05, 4.69) is 32.6 Å². The lowest BCUT2D eigenvalue weighted by molar-refractivity contribution is 0.326. The van der Waals surface area contributed by atoms with Crippen molar-refractivity contribution in [3.63, 3.8) is 0 Å². The summed E-state index contributed by atoms with van der Waals surface area (Å²) in [4.78, 5) is 17.8. The number of rotatable bonds is 6. The SMILES string of the molecule is C=CCOc1ccc(/C=c2\sc3nc(-c4ccccc4Br)nn3c2=O)cc1OC. The number of ether oxygens (including phenoxy) is 2. The van der Waals surface area contributed by atoms with Crippen LogP contribution in [-0.2, 0) is 0 Å². The number of benzene rings is 2. The second-order valence-corrected chi connectivity index (χ2v) is 7.90. The fourth-order valence-corrected chi connectivity index (χ4v) is 4.15. The van der Waals surface area contributed by atoms with Gasteiger partial charge in [-0.3, -0.25) is 4.79 Å². The maximum atomic E-state index is 12.8. The molecule has 0 unspecified atom stereocenters. The Morgan fingerprint density at radius 1 is 1.24 bits per heavy atom. The van der Waals surface area contributed by atoms with Gasteiger partial charge in [0.05, 0.1) is 11.6 Å². The minimum Gasteiger partial charge on any atom is -0.493 e. The molecular formula is C21H16BrN3O3S. The zero-order chi connectivity index (χ0) is 20.4. The van der Waals surface area contributed by atoms with Gasteiger partial charge in [-0.1, -0.05) is 58.1 Å². The molecule has 0 aliphatic carbocycles. The Kier molecular flexibility index (Phi) is 5.46. The first-order valence-electron chi connectivity index (χ1n) is 8.68. The molecule has 2 heterocycles. The van der Waals surface area contributed by atoms with Crippen LogP contribution >= 0.6 is 27.3 Å². The number of hydrogen-bond donors (Lipinski definition) is 0. The summed E-state index contributed by atoms with van der Waals surface area (Å²) < 4.78 is 13.7. The number of thiazole rings is 1. The molecule has 0 aliphatic rings. The molecule has 2 aromatic carbocycles. The summed E-state index contributed by atoms with van der Waals surface area (Å²) >= 11 is 4.79. The average molecular weight is 470 g/mol. The van der Waals surface area contributed by atoms with E-state index in [1.54, 1.807) is 25.3 Å². The normalized spacial score (nSPS) is 11.7. The van der Waals surface area contributed by atoms with E-state index >= 15 is 0 Å². The molecule has 0 fully saturated rings. The fourth-order valence-electron chi connectivity index (χ4n) is 2.78. The largest absolute Gasteiger partial charge is 0.493 e. The smallest absolute Gasteiger partial charge is 0.291 e. The van der Waals surface area contributed by atoms with E-state index in [1.807, 2.05) is 36.4 Å². The lowest BCUT2D eigenvalue weighted by Gasteiger charge is -2.09. The Morgan fingerprint density at radius 2 is 2.07 bits per heavy atom. The van der Waals surface area contributed by atoms with Crippen LogP contribution in [-0.4, -0.2) is 28.3 Å². The molecule has 146 valence electrons. The van der Waals surface area contributed by atoms with Crippen molar-refractivity contribution in [2.75, 3.05) is 13.7 Å². The first-order chi connectivity index (χ1) is 14.1. The van der Waals surface area contributed by atoms with E-state index < -0.39 is 0 Å². The zero-order valence-corrected chi connectivity index (χ0v) is 17.9. The Hall–Kier alpha value is -2.97. The standard InChI is InChI=1S/C21H16BrN3O3S/c1-3-10-28-16-9-8-13(11-17(16)27-2)12-18-20(26)25-21(29-18)23-19(24-25)14-6-4-5-7-15(14)22/h3-9,11-12H,1,10H2,2H3/b18-12-. The van der Waals surface area contributed by atoms with Crippen molar-refractivity contribution in [3.05, 3.63) is 80.0 Å². The minimum atomic E-state index is -0.207. The number of aromatic nitrogens is 3. The maximum Gasteiger partial charge on any atom is 0.291 e. The molecule has 6 nitrogen and oxygen atoms in total. The third-order valence-corrected chi connectivity index (χ3v) is 5.79. The van der Waals surface area contributed by atoms with E-state index in [4.69, 9.17) is 9.47 Å². The molecule has 0 saturated carbocycles. The van der Waals surface area contributed by atoms with Crippen LogP contribution in [0.1, 0.15) is 5.56 Å². The molecule has 0 radical (unpaired) electrons. The Labute approximate surface area is 178 Å². The molecule has 0 spiro atoms. The van der Waals surface area contributed by atoms with Crippen LogP contribution in [0.15, 0.2) is 64.4 Å². The Morgan fingerprint density at radius 3 is 2.79 bits per heavy atom. The summed E-state index contributed by atoms with van der Waals surface area (Å²) in [5.74, 6) is 1.72. The van der Waals surface area contributed by atoms with Gasteiger partial charge in [0.25, 0.3) is 5.56 Å². The Bertz CT molecular complexity index is 1310. The van der Waals surface area contributed by atoms with E-state index in [0.717, 1.165) is 15.6 Å². The van der Waals surface area contributed by atoms with Gasteiger partial charge in [0.2, 0.25) is 4.96 Å². The first kappa shape index (κ1) is 19.4. The van der Waals surface area contributed by atoms with Crippen LogP contribution < -0.4 is 19.6 Å². The summed E-state index contributed by atoms with van der Waals surface area (Å²) in [7, 11) is 1.57. The van der Waals surface area contributed by atoms with E-state index in [-0.39, 0.29) is 5.56 Å². The molecule has 4 aromatic rings. The lowest BCUT2D eigenvalue weighted by Crippen LogP contribution is -2.23. The van der Waals surface area contributed by atoms with Gasteiger partial charge < -0.3 is 9.47 Å². The van der Waals surface area contributed by atoms with Crippen molar-refractivity contribution >= 4 is 38.3 Å². The van der Waals surface area contributed by atoms with Gasteiger partial charge in [0, 0.05) is 10.0 Å². The molecular weight excluding hydrogens is 454 g/mol. The summed E-state index contributed by atoms with van der Waals surface area (Å²) in [5.41, 5.74) is 1.45.